The second kappa shape index (κ2) is 8.33. The molecule has 0 radical (unpaired) electrons. The molecule has 6 aromatic rings. The Morgan fingerprint density at radius 1 is 0.765 bits per heavy atom. The van der Waals surface area contributed by atoms with E-state index in [4.69, 9.17) is 4.74 Å². The van der Waals surface area contributed by atoms with E-state index in [1.54, 1.807) is 18.5 Å². The monoisotopic (exact) mass is 444 g/mol. The number of hydrogen-bond donors (Lipinski definition) is 0. The molecule has 3 aromatic carbocycles. The average Bonchev–Trinajstić information content (AvgIpc) is 3.27. The maximum absolute atomic E-state index is 13.4. The van der Waals surface area contributed by atoms with Crippen molar-refractivity contribution in [2.45, 2.75) is 6.61 Å². The van der Waals surface area contributed by atoms with Gasteiger partial charge in [0.05, 0.1) is 5.52 Å². The van der Waals surface area contributed by atoms with Crippen LogP contribution >= 0.6 is 0 Å². The van der Waals surface area contributed by atoms with Gasteiger partial charge in [0.15, 0.2) is 0 Å². The van der Waals surface area contributed by atoms with Crippen LogP contribution in [-0.4, -0.2) is 14.5 Å². The molecule has 0 amide bonds. The van der Waals surface area contributed by atoms with Crippen molar-refractivity contribution in [3.63, 3.8) is 0 Å². The van der Waals surface area contributed by atoms with Gasteiger partial charge in [-0.05, 0) is 48.0 Å². The summed E-state index contributed by atoms with van der Waals surface area (Å²) in [6.07, 6.45) is 3.39. The van der Waals surface area contributed by atoms with Crippen LogP contribution in [0.1, 0.15) is 5.56 Å². The maximum atomic E-state index is 13.4. The molecule has 34 heavy (non-hydrogen) atoms. The molecule has 0 fully saturated rings. The summed E-state index contributed by atoms with van der Waals surface area (Å²) in [6.45, 7) is 0.479. The molecule has 0 unspecified atom stereocenters. The van der Waals surface area contributed by atoms with Gasteiger partial charge in [-0.2, -0.15) is 4.73 Å². The summed E-state index contributed by atoms with van der Waals surface area (Å²) in [5, 5.41) is 15.2. The number of para-hydroxylation sites is 1. The predicted octanol–water partition coefficient (Wildman–Crippen LogP) is 5.45. The van der Waals surface area contributed by atoms with Gasteiger partial charge in [0.1, 0.15) is 18.1 Å². The lowest BCUT2D eigenvalue weighted by atomic mass is 10.1. The standard InChI is InChI=1S/C28H20N4O2/c33-32-25-10-5-4-9-21(25)11-13-26(32)27-18-22-17-23(34-19-20-7-2-1-3-8-20)12-14-24(22)31(27)28-29-15-6-16-30-28/h1-18H,19H2. The van der Waals surface area contributed by atoms with Crippen molar-refractivity contribution in [2.75, 3.05) is 0 Å². The molecule has 0 aliphatic heterocycles. The molecule has 0 aliphatic rings. The summed E-state index contributed by atoms with van der Waals surface area (Å²) < 4.78 is 8.91. The van der Waals surface area contributed by atoms with Crippen LogP contribution in [0.5, 0.6) is 5.75 Å². The Hall–Kier alpha value is -4.71. The zero-order chi connectivity index (χ0) is 22.9. The van der Waals surface area contributed by atoms with E-state index in [0.717, 1.165) is 32.3 Å². The Morgan fingerprint density at radius 3 is 2.41 bits per heavy atom. The number of hydrogen-bond acceptors (Lipinski definition) is 4. The molecule has 0 spiro atoms. The third-order valence-electron chi connectivity index (χ3n) is 5.83. The SMILES string of the molecule is [O-][n+]1c(-c2cc3cc(OCc4ccccc4)ccc3n2-c2ncccn2)ccc2ccccc21. The Labute approximate surface area is 195 Å². The van der Waals surface area contributed by atoms with E-state index in [0.29, 0.717) is 29.5 Å². The lowest BCUT2D eigenvalue weighted by Crippen LogP contribution is -2.30. The van der Waals surface area contributed by atoms with Crippen molar-refractivity contribution in [1.29, 1.82) is 0 Å². The Kier molecular flexibility index (Phi) is 4.88. The van der Waals surface area contributed by atoms with Gasteiger partial charge in [-0.15, -0.1) is 0 Å². The topological polar surface area (TPSA) is 66.9 Å². The molecule has 6 nitrogen and oxygen atoms in total. The fourth-order valence-electron chi connectivity index (χ4n) is 4.20. The minimum atomic E-state index is 0.479. The predicted molar refractivity (Wildman–Crippen MR) is 132 cm³/mol. The first kappa shape index (κ1) is 19.9. The van der Waals surface area contributed by atoms with Crippen molar-refractivity contribution in [3.05, 3.63) is 120 Å². The van der Waals surface area contributed by atoms with Gasteiger partial charge >= 0.3 is 0 Å². The molecule has 0 atom stereocenters. The van der Waals surface area contributed by atoms with Crippen LogP contribution in [-0.2, 0) is 6.61 Å². The molecule has 164 valence electrons. The second-order valence-corrected chi connectivity index (χ2v) is 7.98. The number of fused-ring (bicyclic) bond motifs is 2. The van der Waals surface area contributed by atoms with Gasteiger partial charge in [0.2, 0.25) is 17.2 Å². The molecule has 0 bridgehead atoms. The van der Waals surface area contributed by atoms with Crippen molar-refractivity contribution in [3.8, 4) is 23.1 Å². The van der Waals surface area contributed by atoms with E-state index in [1.807, 2.05) is 95.6 Å². The largest absolute Gasteiger partial charge is 0.618 e. The summed E-state index contributed by atoms with van der Waals surface area (Å²) in [6, 6.07) is 31.0. The van der Waals surface area contributed by atoms with Crippen molar-refractivity contribution >= 4 is 21.8 Å². The summed E-state index contributed by atoms with van der Waals surface area (Å²) in [4.78, 5) is 8.91. The van der Waals surface area contributed by atoms with Gasteiger partial charge in [0, 0.05) is 35.3 Å². The minimum Gasteiger partial charge on any atom is -0.618 e. The fourth-order valence-corrected chi connectivity index (χ4v) is 4.20. The first-order valence-corrected chi connectivity index (χ1v) is 11.0. The third-order valence-corrected chi connectivity index (χ3v) is 5.83. The number of ether oxygens (including phenoxy) is 1. The van der Waals surface area contributed by atoms with Crippen LogP contribution in [0.2, 0.25) is 0 Å². The number of rotatable bonds is 5. The van der Waals surface area contributed by atoms with Gasteiger partial charge in [0.25, 0.3) is 0 Å². The highest BCUT2D eigenvalue weighted by molar-refractivity contribution is 5.89. The van der Waals surface area contributed by atoms with Gasteiger partial charge in [-0.1, -0.05) is 42.5 Å². The highest BCUT2D eigenvalue weighted by atomic mass is 16.5. The first-order valence-electron chi connectivity index (χ1n) is 11.0. The van der Waals surface area contributed by atoms with E-state index in [-0.39, 0.29) is 0 Å². The number of benzene rings is 3. The number of nitrogens with zero attached hydrogens (tertiary/aromatic N) is 4. The normalized spacial score (nSPS) is 11.2. The number of aromatic nitrogens is 4. The summed E-state index contributed by atoms with van der Waals surface area (Å²) in [7, 11) is 0. The molecule has 3 heterocycles. The van der Waals surface area contributed by atoms with Crippen LogP contribution in [0.4, 0.5) is 0 Å². The molecular weight excluding hydrogens is 424 g/mol. The van der Waals surface area contributed by atoms with Crippen LogP contribution in [0.3, 0.4) is 0 Å². The lowest BCUT2D eigenvalue weighted by molar-refractivity contribution is -0.565. The van der Waals surface area contributed by atoms with Crippen molar-refractivity contribution in [2.24, 2.45) is 0 Å². The average molecular weight is 444 g/mol. The minimum absolute atomic E-state index is 0.479. The van der Waals surface area contributed by atoms with Crippen molar-refractivity contribution in [1.82, 2.24) is 14.5 Å². The number of pyridine rings is 1. The Balaban J connectivity index is 1.50. The highest BCUT2D eigenvalue weighted by Gasteiger charge is 2.21. The zero-order valence-electron chi connectivity index (χ0n) is 18.2. The summed E-state index contributed by atoms with van der Waals surface area (Å²) in [5.41, 5.74) is 3.83. The first-order chi connectivity index (χ1) is 16.8. The van der Waals surface area contributed by atoms with E-state index >= 15 is 0 Å². The molecule has 0 N–H and O–H groups in total. The van der Waals surface area contributed by atoms with Crippen LogP contribution in [0, 0.1) is 5.21 Å². The lowest BCUT2D eigenvalue weighted by Gasteiger charge is -2.11. The summed E-state index contributed by atoms with van der Waals surface area (Å²) >= 11 is 0. The highest BCUT2D eigenvalue weighted by Crippen LogP contribution is 2.32. The van der Waals surface area contributed by atoms with Crippen LogP contribution < -0.4 is 9.47 Å². The second-order valence-electron chi connectivity index (χ2n) is 7.98. The van der Waals surface area contributed by atoms with E-state index in [9.17, 15) is 5.21 Å². The zero-order valence-corrected chi connectivity index (χ0v) is 18.2. The molecule has 0 aliphatic carbocycles. The van der Waals surface area contributed by atoms with E-state index in [2.05, 4.69) is 9.97 Å². The quantitative estimate of drug-likeness (QED) is 0.262. The van der Waals surface area contributed by atoms with Crippen LogP contribution in [0.25, 0.3) is 39.1 Å². The van der Waals surface area contributed by atoms with Crippen LogP contribution in [0.15, 0.2) is 109 Å². The molecule has 6 heteroatoms. The third kappa shape index (κ3) is 3.51. The molecule has 3 aromatic heterocycles. The molecular formula is C28H20N4O2. The van der Waals surface area contributed by atoms with Gasteiger partial charge in [-0.3, -0.25) is 4.57 Å². The fraction of sp³-hybridized carbons (Fsp3) is 0.0357. The molecule has 0 saturated carbocycles. The Morgan fingerprint density at radius 2 is 1.56 bits per heavy atom. The summed E-state index contributed by atoms with van der Waals surface area (Å²) in [5.74, 6) is 1.25. The Bertz CT molecular complexity index is 1610. The smallest absolute Gasteiger partial charge is 0.241 e. The molecule has 6 rings (SSSR count). The van der Waals surface area contributed by atoms with Gasteiger partial charge < -0.3 is 9.94 Å². The molecule has 0 saturated heterocycles. The van der Waals surface area contributed by atoms with E-state index in [1.165, 1.54) is 0 Å². The van der Waals surface area contributed by atoms with Crippen molar-refractivity contribution < 1.29 is 9.47 Å². The maximum Gasteiger partial charge on any atom is 0.241 e. The van der Waals surface area contributed by atoms with E-state index < -0.39 is 0 Å². The van der Waals surface area contributed by atoms with Gasteiger partial charge in [-0.25, -0.2) is 9.97 Å².